The van der Waals surface area contributed by atoms with Crippen molar-refractivity contribution < 1.29 is 9.47 Å². The predicted octanol–water partition coefficient (Wildman–Crippen LogP) is 4.81. The second kappa shape index (κ2) is 7.31. The van der Waals surface area contributed by atoms with Crippen LogP contribution in [0.5, 0.6) is 5.75 Å². The molecule has 4 bridgehead atoms. The second-order valence-corrected chi connectivity index (χ2v) is 10.1. The van der Waals surface area contributed by atoms with E-state index >= 15 is 0 Å². The molecule has 0 saturated carbocycles. The minimum atomic E-state index is 0.0792. The van der Waals surface area contributed by atoms with E-state index in [1.165, 1.54) is 43.5 Å². The number of nitrogens with zero attached hydrogens (tertiary/aromatic N) is 1. The lowest BCUT2D eigenvalue weighted by molar-refractivity contribution is -0.0798. The van der Waals surface area contributed by atoms with Gasteiger partial charge in [0.15, 0.2) is 0 Å². The number of anilines is 1. The normalized spacial score (nSPS) is 39.9. The van der Waals surface area contributed by atoms with Gasteiger partial charge in [0.05, 0.1) is 13.2 Å². The van der Waals surface area contributed by atoms with Crippen LogP contribution in [0.15, 0.2) is 30.9 Å². The lowest BCUT2D eigenvalue weighted by Crippen LogP contribution is -2.60. The Hall–Kier alpha value is -1.52. The van der Waals surface area contributed by atoms with Crippen molar-refractivity contribution in [3.63, 3.8) is 0 Å². The maximum absolute atomic E-state index is 6.82. The third-order valence-corrected chi connectivity index (χ3v) is 8.16. The Balaban J connectivity index is 1.54. The largest absolute Gasteiger partial charge is 0.497 e. The average molecular weight is 397 g/mol. The summed E-state index contributed by atoms with van der Waals surface area (Å²) in [5, 5.41) is 3.67. The molecule has 1 aromatic carbocycles. The number of rotatable bonds is 6. The van der Waals surface area contributed by atoms with Crippen molar-refractivity contribution in [1.29, 1.82) is 0 Å². The molecule has 158 valence electrons. The van der Waals surface area contributed by atoms with Crippen LogP contribution in [0.3, 0.4) is 0 Å². The fourth-order valence-corrected chi connectivity index (χ4v) is 6.59. The Morgan fingerprint density at radius 2 is 2.28 bits per heavy atom. The van der Waals surface area contributed by atoms with Crippen LogP contribution in [0.2, 0.25) is 0 Å². The summed E-state index contributed by atoms with van der Waals surface area (Å²) in [5.41, 5.74) is 2.74. The first-order valence-electron chi connectivity index (χ1n) is 11.5. The highest BCUT2D eigenvalue weighted by Gasteiger charge is 2.58. The zero-order valence-corrected chi connectivity index (χ0v) is 18.2. The van der Waals surface area contributed by atoms with Gasteiger partial charge in [-0.05, 0) is 67.3 Å². The predicted molar refractivity (Wildman–Crippen MR) is 117 cm³/mol. The Bertz CT molecular complexity index is 778. The Morgan fingerprint density at radius 1 is 1.41 bits per heavy atom. The number of ether oxygens (including phenoxy) is 2. The van der Waals surface area contributed by atoms with Gasteiger partial charge in [0.2, 0.25) is 0 Å². The third kappa shape index (κ3) is 3.11. The lowest BCUT2D eigenvalue weighted by Gasteiger charge is -2.53. The topological polar surface area (TPSA) is 33.7 Å². The summed E-state index contributed by atoms with van der Waals surface area (Å²) >= 11 is 0. The SMILES string of the molecule is C=CC1CN2CCC1CC2C1OC2CC1(CCC(C)C)c1cc(OC)ccc1N2. The van der Waals surface area contributed by atoms with Gasteiger partial charge < -0.3 is 14.8 Å². The fourth-order valence-electron chi connectivity index (χ4n) is 6.59. The van der Waals surface area contributed by atoms with E-state index in [-0.39, 0.29) is 17.7 Å². The number of nitrogens with one attached hydrogen (secondary N) is 1. The van der Waals surface area contributed by atoms with Gasteiger partial charge in [0.1, 0.15) is 12.0 Å². The first kappa shape index (κ1) is 19.4. The molecule has 4 heteroatoms. The first-order valence-corrected chi connectivity index (χ1v) is 11.5. The summed E-state index contributed by atoms with van der Waals surface area (Å²) in [5.74, 6) is 3.07. The van der Waals surface area contributed by atoms with E-state index in [9.17, 15) is 0 Å². The van der Waals surface area contributed by atoms with Gasteiger partial charge in [-0.15, -0.1) is 6.58 Å². The van der Waals surface area contributed by atoms with Gasteiger partial charge in [-0.2, -0.15) is 0 Å². The number of methoxy groups -OCH3 is 1. The standard InChI is InChI=1S/C25H36N2O2/c1-5-17-15-27-11-9-18(17)12-22(27)24-25(10-8-16(2)3)14-23(29-24)26-21-7-6-19(28-4)13-20(21)25/h5-7,13,16-18,22-24,26H,1,8-12,14-15H2,2-4H3. The van der Waals surface area contributed by atoms with E-state index in [1.54, 1.807) is 7.11 Å². The lowest BCUT2D eigenvalue weighted by atomic mass is 9.63. The number of hydrogen-bond donors (Lipinski definition) is 1. The molecular weight excluding hydrogens is 360 g/mol. The number of hydrogen-bond acceptors (Lipinski definition) is 4. The molecule has 1 aromatic rings. The van der Waals surface area contributed by atoms with Crippen molar-refractivity contribution in [1.82, 2.24) is 4.90 Å². The van der Waals surface area contributed by atoms with Crippen molar-refractivity contribution in [2.24, 2.45) is 17.8 Å². The number of fused-ring (bicyclic) bond motifs is 7. The van der Waals surface area contributed by atoms with Crippen LogP contribution in [0, 0.1) is 17.8 Å². The van der Waals surface area contributed by atoms with Crippen LogP contribution >= 0.6 is 0 Å². The van der Waals surface area contributed by atoms with E-state index in [1.807, 2.05) is 0 Å². The van der Waals surface area contributed by atoms with Crippen molar-refractivity contribution in [2.45, 2.75) is 69.7 Å². The average Bonchev–Trinajstić information content (AvgIpc) is 3.06. The van der Waals surface area contributed by atoms with Crippen LogP contribution in [0.1, 0.15) is 51.5 Å². The Kier molecular flexibility index (Phi) is 4.90. The molecule has 0 spiro atoms. The highest BCUT2D eigenvalue weighted by Crippen LogP contribution is 2.55. The van der Waals surface area contributed by atoms with Crippen LogP contribution in [0.25, 0.3) is 0 Å². The summed E-state index contributed by atoms with van der Waals surface area (Å²) in [6.07, 6.45) is 8.62. The molecule has 4 saturated heterocycles. The van der Waals surface area contributed by atoms with Crippen LogP contribution < -0.4 is 10.1 Å². The van der Waals surface area contributed by atoms with Crippen molar-refractivity contribution in [2.75, 3.05) is 25.5 Å². The van der Waals surface area contributed by atoms with Gasteiger partial charge in [0, 0.05) is 30.1 Å². The molecule has 0 radical (unpaired) electrons. The first-order chi connectivity index (χ1) is 14.0. The number of piperidine rings is 3. The summed E-state index contributed by atoms with van der Waals surface area (Å²) in [6, 6.07) is 7.06. The maximum atomic E-state index is 6.82. The van der Waals surface area contributed by atoms with Gasteiger partial charge in [-0.1, -0.05) is 26.3 Å². The van der Waals surface area contributed by atoms with Crippen molar-refractivity contribution >= 4 is 5.69 Å². The van der Waals surface area contributed by atoms with Crippen molar-refractivity contribution in [3.05, 3.63) is 36.4 Å². The molecule has 29 heavy (non-hydrogen) atoms. The summed E-state index contributed by atoms with van der Waals surface area (Å²) in [6.45, 7) is 11.2. The zero-order valence-electron chi connectivity index (χ0n) is 18.2. The molecule has 1 N–H and O–H groups in total. The second-order valence-electron chi connectivity index (χ2n) is 10.1. The molecule has 7 unspecified atom stereocenters. The minimum Gasteiger partial charge on any atom is -0.497 e. The molecule has 5 aliphatic heterocycles. The third-order valence-electron chi connectivity index (χ3n) is 8.16. The summed E-state index contributed by atoms with van der Waals surface area (Å²) < 4.78 is 12.4. The fraction of sp³-hybridized carbons (Fsp3) is 0.680. The molecule has 4 nitrogen and oxygen atoms in total. The molecular formula is C25H36N2O2. The smallest absolute Gasteiger partial charge is 0.129 e. The minimum absolute atomic E-state index is 0.0792. The molecule has 5 heterocycles. The molecule has 0 amide bonds. The van der Waals surface area contributed by atoms with E-state index in [0.29, 0.717) is 17.9 Å². The maximum Gasteiger partial charge on any atom is 0.129 e. The molecule has 0 aliphatic carbocycles. The molecule has 6 rings (SSSR count). The highest BCUT2D eigenvalue weighted by molar-refractivity contribution is 5.61. The number of benzene rings is 1. The van der Waals surface area contributed by atoms with Crippen molar-refractivity contribution in [3.8, 4) is 5.75 Å². The van der Waals surface area contributed by atoms with E-state index in [0.717, 1.165) is 24.6 Å². The van der Waals surface area contributed by atoms with Gasteiger partial charge in [-0.25, -0.2) is 0 Å². The van der Waals surface area contributed by atoms with E-state index in [2.05, 4.69) is 54.9 Å². The van der Waals surface area contributed by atoms with Crippen LogP contribution in [-0.4, -0.2) is 43.5 Å². The molecule has 4 fully saturated rings. The quantitative estimate of drug-likeness (QED) is 0.700. The van der Waals surface area contributed by atoms with Crippen LogP contribution in [-0.2, 0) is 10.2 Å². The zero-order chi connectivity index (χ0) is 20.2. The molecule has 7 atom stereocenters. The van der Waals surface area contributed by atoms with Gasteiger partial charge >= 0.3 is 0 Å². The van der Waals surface area contributed by atoms with E-state index in [4.69, 9.17) is 9.47 Å². The Labute approximate surface area is 175 Å². The molecule has 5 aliphatic rings. The summed E-state index contributed by atoms with van der Waals surface area (Å²) in [4.78, 5) is 2.72. The molecule has 0 aromatic heterocycles. The highest BCUT2D eigenvalue weighted by atomic mass is 16.5. The van der Waals surface area contributed by atoms with E-state index < -0.39 is 0 Å². The van der Waals surface area contributed by atoms with Gasteiger partial charge in [0.25, 0.3) is 0 Å². The summed E-state index contributed by atoms with van der Waals surface area (Å²) in [7, 11) is 1.77. The van der Waals surface area contributed by atoms with Crippen LogP contribution in [0.4, 0.5) is 5.69 Å². The Morgan fingerprint density at radius 3 is 2.97 bits per heavy atom. The monoisotopic (exact) mass is 396 g/mol. The van der Waals surface area contributed by atoms with Gasteiger partial charge in [-0.3, -0.25) is 4.90 Å².